The van der Waals surface area contributed by atoms with Crippen LogP contribution in [0.5, 0.6) is 0 Å². The molecule has 0 aliphatic heterocycles. The number of hydrogen-bond donors (Lipinski definition) is 2. The number of aliphatic hydroxyl groups is 2. The second kappa shape index (κ2) is 22.4. The molecule has 0 fully saturated rings. The summed E-state index contributed by atoms with van der Waals surface area (Å²) >= 11 is 0. The molecule has 2 N–H and O–H groups in total. The SMILES string of the molecule is CCCCCCCCCCCC(=O)C(O)C[N+](C)(C)CC(O)C(=O)CCCCCCCCCCC. The van der Waals surface area contributed by atoms with Crippen molar-refractivity contribution in [2.45, 2.75) is 154 Å². The molecule has 2 unspecified atom stereocenters. The van der Waals surface area contributed by atoms with E-state index in [0.29, 0.717) is 12.8 Å². The van der Waals surface area contributed by atoms with Gasteiger partial charge in [0, 0.05) is 12.8 Å². The lowest BCUT2D eigenvalue weighted by Crippen LogP contribution is -2.52. The number of hydrogen-bond acceptors (Lipinski definition) is 4. The molecule has 0 aliphatic rings. The highest BCUT2D eigenvalue weighted by Crippen LogP contribution is 2.14. The van der Waals surface area contributed by atoms with E-state index in [-0.39, 0.29) is 29.1 Å². The van der Waals surface area contributed by atoms with Crippen molar-refractivity contribution in [3.05, 3.63) is 0 Å². The molecular formula is C30H60NO4+. The van der Waals surface area contributed by atoms with Crippen LogP contribution in [0.3, 0.4) is 0 Å². The van der Waals surface area contributed by atoms with Crippen molar-refractivity contribution in [3.8, 4) is 0 Å². The summed E-state index contributed by atoms with van der Waals surface area (Å²) in [7, 11) is 3.73. The Hall–Kier alpha value is -0.780. The highest BCUT2D eigenvalue weighted by atomic mass is 16.3. The predicted octanol–water partition coefficient (Wildman–Crippen LogP) is 6.76. The Balaban J connectivity index is 3.95. The third-order valence-corrected chi connectivity index (χ3v) is 7.13. The van der Waals surface area contributed by atoms with E-state index in [2.05, 4.69) is 13.8 Å². The van der Waals surface area contributed by atoms with Crippen LogP contribution in [0, 0.1) is 0 Å². The summed E-state index contributed by atoms with van der Waals surface area (Å²) in [6, 6.07) is 0. The second-order valence-corrected chi connectivity index (χ2v) is 11.4. The molecule has 208 valence electrons. The number of ketones is 2. The number of nitrogens with zero attached hydrogens (tertiary/aromatic N) is 1. The van der Waals surface area contributed by atoms with Crippen molar-refractivity contribution < 1.29 is 24.3 Å². The van der Waals surface area contributed by atoms with E-state index < -0.39 is 12.2 Å². The summed E-state index contributed by atoms with van der Waals surface area (Å²) in [6.45, 7) is 4.93. The quantitative estimate of drug-likeness (QED) is 0.102. The maximum atomic E-state index is 12.4. The first kappa shape index (κ1) is 34.2. The molecule has 2 atom stereocenters. The summed E-state index contributed by atoms with van der Waals surface area (Å²) in [5, 5.41) is 20.8. The molecule has 0 spiro atoms. The van der Waals surface area contributed by atoms with E-state index in [9.17, 15) is 19.8 Å². The molecule has 5 heteroatoms. The molecule has 0 amide bonds. The van der Waals surface area contributed by atoms with E-state index in [1.165, 1.54) is 77.0 Å². The zero-order valence-corrected chi connectivity index (χ0v) is 23.9. The summed E-state index contributed by atoms with van der Waals surface area (Å²) < 4.78 is 0.259. The van der Waals surface area contributed by atoms with Crippen LogP contribution in [0.2, 0.25) is 0 Å². The van der Waals surface area contributed by atoms with Crippen LogP contribution < -0.4 is 0 Å². The monoisotopic (exact) mass is 498 g/mol. The van der Waals surface area contributed by atoms with E-state index in [1.807, 2.05) is 14.1 Å². The number of Topliss-reactive ketones (excluding diaryl/α,β-unsaturated/α-hetero) is 2. The van der Waals surface area contributed by atoms with Crippen LogP contribution >= 0.6 is 0 Å². The lowest BCUT2D eigenvalue weighted by Gasteiger charge is -2.33. The fourth-order valence-electron chi connectivity index (χ4n) is 4.77. The second-order valence-electron chi connectivity index (χ2n) is 11.4. The van der Waals surface area contributed by atoms with Crippen LogP contribution in [0.1, 0.15) is 142 Å². The van der Waals surface area contributed by atoms with Gasteiger partial charge in [0.15, 0.2) is 23.8 Å². The minimum atomic E-state index is -1.03. The lowest BCUT2D eigenvalue weighted by atomic mass is 10.0. The summed E-state index contributed by atoms with van der Waals surface area (Å²) in [5.74, 6) is -0.232. The van der Waals surface area contributed by atoms with Gasteiger partial charge in [-0.3, -0.25) is 9.59 Å². The highest BCUT2D eigenvalue weighted by molar-refractivity contribution is 5.83. The van der Waals surface area contributed by atoms with Crippen molar-refractivity contribution in [1.29, 1.82) is 0 Å². The Morgan fingerprint density at radius 2 is 0.771 bits per heavy atom. The molecule has 5 nitrogen and oxygen atoms in total. The number of carbonyl (C=O) groups is 2. The maximum absolute atomic E-state index is 12.4. The van der Waals surface area contributed by atoms with Crippen LogP contribution in [-0.4, -0.2) is 65.7 Å². The number of rotatable bonds is 26. The van der Waals surface area contributed by atoms with Crippen molar-refractivity contribution in [3.63, 3.8) is 0 Å². The molecule has 0 aromatic rings. The Bertz CT molecular complexity index is 476. The van der Waals surface area contributed by atoms with Gasteiger partial charge in [0.1, 0.15) is 13.1 Å². The molecule has 0 saturated heterocycles. The number of likely N-dealkylation sites (N-methyl/N-ethyl adjacent to an activating group) is 1. The molecule has 35 heavy (non-hydrogen) atoms. The predicted molar refractivity (Wildman–Crippen MR) is 148 cm³/mol. The minimum absolute atomic E-state index is 0.116. The summed E-state index contributed by atoms with van der Waals surface area (Å²) in [6.07, 6.45) is 20.3. The molecule has 0 saturated carbocycles. The van der Waals surface area contributed by atoms with Gasteiger partial charge >= 0.3 is 0 Å². The zero-order chi connectivity index (χ0) is 26.4. The molecule has 0 rings (SSSR count). The van der Waals surface area contributed by atoms with Crippen LogP contribution in [0.4, 0.5) is 0 Å². The molecule has 0 aromatic heterocycles. The van der Waals surface area contributed by atoms with Crippen molar-refractivity contribution in [1.82, 2.24) is 0 Å². The Labute approximate surface area is 217 Å². The molecule has 0 radical (unpaired) electrons. The van der Waals surface area contributed by atoms with Crippen LogP contribution in [0.15, 0.2) is 0 Å². The summed E-state index contributed by atoms with van der Waals surface area (Å²) in [4.78, 5) is 24.7. The Morgan fingerprint density at radius 3 is 1.06 bits per heavy atom. The van der Waals surface area contributed by atoms with Gasteiger partial charge in [0.2, 0.25) is 0 Å². The van der Waals surface area contributed by atoms with Crippen molar-refractivity contribution in [2.75, 3.05) is 27.2 Å². The molecule has 0 bridgehead atoms. The normalized spacial score (nSPS) is 13.7. The van der Waals surface area contributed by atoms with Gasteiger partial charge in [-0.05, 0) is 12.8 Å². The van der Waals surface area contributed by atoms with Gasteiger partial charge in [0.25, 0.3) is 0 Å². The van der Waals surface area contributed by atoms with Gasteiger partial charge in [-0.15, -0.1) is 0 Å². The average molecular weight is 499 g/mol. The fourth-order valence-corrected chi connectivity index (χ4v) is 4.77. The lowest BCUT2D eigenvalue weighted by molar-refractivity contribution is -0.894. The van der Waals surface area contributed by atoms with Gasteiger partial charge in [0.05, 0.1) is 14.1 Å². The summed E-state index contributed by atoms with van der Waals surface area (Å²) in [5.41, 5.74) is 0. The van der Waals surface area contributed by atoms with E-state index in [4.69, 9.17) is 0 Å². The van der Waals surface area contributed by atoms with Gasteiger partial charge in [-0.1, -0.05) is 117 Å². The number of carbonyl (C=O) groups excluding carboxylic acids is 2. The highest BCUT2D eigenvalue weighted by Gasteiger charge is 2.30. The first-order valence-corrected chi connectivity index (χ1v) is 15.0. The third-order valence-electron chi connectivity index (χ3n) is 7.13. The smallest absolute Gasteiger partial charge is 0.167 e. The number of quaternary nitrogens is 1. The molecular weight excluding hydrogens is 438 g/mol. The fraction of sp³-hybridized carbons (Fsp3) is 0.933. The van der Waals surface area contributed by atoms with Gasteiger partial charge in [-0.25, -0.2) is 0 Å². The standard InChI is InChI=1S/C30H60NO4/c1-5-7-9-11-13-15-17-19-21-23-27(32)29(34)25-31(3,4)26-30(35)28(33)24-22-20-18-16-14-12-10-8-6-2/h29-30,34-35H,5-26H2,1-4H3/q+1. The Morgan fingerprint density at radius 1 is 0.514 bits per heavy atom. The van der Waals surface area contributed by atoms with Crippen LogP contribution in [-0.2, 0) is 9.59 Å². The molecule has 0 aliphatic carbocycles. The first-order valence-electron chi connectivity index (χ1n) is 15.0. The number of unbranched alkanes of at least 4 members (excludes halogenated alkanes) is 16. The first-order chi connectivity index (χ1) is 16.7. The third kappa shape index (κ3) is 21.0. The van der Waals surface area contributed by atoms with Gasteiger partial charge < -0.3 is 14.7 Å². The molecule has 0 heterocycles. The average Bonchev–Trinajstić information content (AvgIpc) is 2.80. The number of aliphatic hydroxyl groups excluding tert-OH is 2. The molecule has 0 aromatic carbocycles. The van der Waals surface area contributed by atoms with E-state index >= 15 is 0 Å². The van der Waals surface area contributed by atoms with Gasteiger partial charge in [-0.2, -0.15) is 0 Å². The van der Waals surface area contributed by atoms with E-state index in [1.54, 1.807) is 0 Å². The largest absolute Gasteiger partial charge is 0.380 e. The van der Waals surface area contributed by atoms with Crippen molar-refractivity contribution in [2.24, 2.45) is 0 Å². The van der Waals surface area contributed by atoms with Crippen LogP contribution in [0.25, 0.3) is 0 Å². The minimum Gasteiger partial charge on any atom is -0.380 e. The van der Waals surface area contributed by atoms with Crippen molar-refractivity contribution >= 4 is 11.6 Å². The topological polar surface area (TPSA) is 74.6 Å². The van der Waals surface area contributed by atoms with E-state index in [0.717, 1.165) is 38.5 Å². The zero-order valence-electron chi connectivity index (χ0n) is 23.9. The Kier molecular flexibility index (Phi) is 21.9. The maximum Gasteiger partial charge on any atom is 0.167 e.